The van der Waals surface area contributed by atoms with Crippen molar-refractivity contribution in [1.29, 1.82) is 0 Å². The summed E-state index contributed by atoms with van der Waals surface area (Å²) in [6, 6.07) is 0.469. The Morgan fingerprint density at radius 1 is 1.24 bits per heavy atom. The molecule has 1 aromatic heterocycles. The number of imidazole rings is 1. The first kappa shape index (κ1) is 18.0. The standard InChI is InChI=1S/C17H33N3O/c1-6-21-12-8-11-20-13-16(5)19-17(20)18-15(4)10-7-9-14(2)3/h13-15H,6-12H2,1-5H3,(H,18,19). The van der Waals surface area contributed by atoms with Gasteiger partial charge in [0.1, 0.15) is 0 Å². The van der Waals surface area contributed by atoms with Gasteiger partial charge in [0.2, 0.25) is 5.95 Å². The number of rotatable bonds is 11. The number of aryl methyl sites for hydroxylation is 2. The molecule has 1 atom stereocenters. The van der Waals surface area contributed by atoms with Gasteiger partial charge in [-0.05, 0) is 39.5 Å². The number of nitrogens with zero attached hydrogens (tertiary/aromatic N) is 2. The molecule has 4 nitrogen and oxygen atoms in total. The van der Waals surface area contributed by atoms with Crippen LogP contribution in [0.3, 0.4) is 0 Å². The molecule has 0 radical (unpaired) electrons. The molecule has 0 saturated heterocycles. The van der Waals surface area contributed by atoms with Gasteiger partial charge in [0.05, 0.1) is 5.69 Å². The monoisotopic (exact) mass is 295 g/mol. The largest absolute Gasteiger partial charge is 0.382 e. The van der Waals surface area contributed by atoms with Gasteiger partial charge >= 0.3 is 0 Å². The van der Waals surface area contributed by atoms with Gasteiger partial charge < -0.3 is 14.6 Å². The summed E-state index contributed by atoms with van der Waals surface area (Å²) in [4.78, 5) is 4.60. The Morgan fingerprint density at radius 2 is 2.00 bits per heavy atom. The van der Waals surface area contributed by atoms with Crippen LogP contribution in [0.2, 0.25) is 0 Å². The summed E-state index contributed by atoms with van der Waals surface area (Å²) in [7, 11) is 0. The molecule has 1 aromatic rings. The second kappa shape index (κ2) is 9.82. The topological polar surface area (TPSA) is 39.1 Å². The molecule has 4 heteroatoms. The molecule has 1 heterocycles. The van der Waals surface area contributed by atoms with Crippen LogP contribution in [0, 0.1) is 12.8 Å². The van der Waals surface area contributed by atoms with Crippen LogP contribution < -0.4 is 5.32 Å². The van der Waals surface area contributed by atoms with Crippen LogP contribution in [0.4, 0.5) is 5.95 Å². The van der Waals surface area contributed by atoms with Crippen LogP contribution in [-0.2, 0) is 11.3 Å². The molecular weight excluding hydrogens is 262 g/mol. The minimum atomic E-state index is 0.469. The fraction of sp³-hybridized carbons (Fsp3) is 0.824. The molecular formula is C17H33N3O. The van der Waals surface area contributed by atoms with E-state index in [1.165, 1.54) is 19.3 Å². The number of nitrogens with one attached hydrogen (secondary N) is 1. The van der Waals surface area contributed by atoms with Crippen LogP contribution in [0.15, 0.2) is 6.20 Å². The molecule has 1 rings (SSSR count). The molecule has 0 aromatic carbocycles. The molecule has 0 amide bonds. The highest BCUT2D eigenvalue weighted by atomic mass is 16.5. The average Bonchev–Trinajstić information content (AvgIpc) is 2.74. The van der Waals surface area contributed by atoms with E-state index >= 15 is 0 Å². The lowest BCUT2D eigenvalue weighted by molar-refractivity contribution is 0.142. The molecule has 0 saturated carbocycles. The lowest BCUT2D eigenvalue weighted by Crippen LogP contribution is -2.19. The Bertz CT molecular complexity index is 387. The molecule has 0 bridgehead atoms. The van der Waals surface area contributed by atoms with Crippen molar-refractivity contribution >= 4 is 5.95 Å². The van der Waals surface area contributed by atoms with Gasteiger partial charge in [0.15, 0.2) is 0 Å². The molecule has 0 spiro atoms. The molecule has 1 N–H and O–H groups in total. The second-order valence-electron chi connectivity index (χ2n) is 6.32. The van der Waals surface area contributed by atoms with Crippen LogP contribution in [0.1, 0.15) is 59.1 Å². The summed E-state index contributed by atoms with van der Waals surface area (Å²) in [6.07, 6.45) is 6.92. The molecule has 0 fully saturated rings. The predicted molar refractivity (Wildman–Crippen MR) is 89.8 cm³/mol. The van der Waals surface area contributed by atoms with E-state index in [1.807, 2.05) is 13.8 Å². The maximum atomic E-state index is 5.40. The van der Waals surface area contributed by atoms with Crippen molar-refractivity contribution in [3.8, 4) is 0 Å². The highest BCUT2D eigenvalue weighted by Crippen LogP contribution is 2.14. The van der Waals surface area contributed by atoms with Crippen molar-refractivity contribution in [3.63, 3.8) is 0 Å². The zero-order valence-corrected chi connectivity index (χ0v) is 14.5. The van der Waals surface area contributed by atoms with E-state index in [2.05, 4.69) is 41.8 Å². The van der Waals surface area contributed by atoms with Crippen LogP contribution in [0.5, 0.6) is 0 Å². The Hall–Kier alpha value is -1.03. The van der Waals surface area contributed by atoms with E-state index in [0.29, 0.717) is 6.04 Å². The lowest BCUT2D eigenvalue weighted by Gasteiger charge is -2.16. The van der Waals surface area contributed by atoms with Crippen LogP contribution in [0.25, 0.3) is 0 Å². The first-order valence-corrected chi connectivity index (χ1v) is 8.41. The van der Waals surface area contributed by atoms with Gasteiger partial charge in [-0.3, -0.25) is 0 Å². The molecule has 21 heavy (non-hydrogen) atoms. The summed E-state index contributed by atoms with van der Waals surface area (Å²) in [6.45, 7) is 13.5. The third-order valence-corrected chi connectivity index (χ3v) is 3.58. The average molecular weight is 295 g/mol. The van der Waals surface area contributed by atoms with Gasteiger partial charge in [0, 0.05) is 32.0 Å². The summed E-state index contributed by atoms with van der Waals surface area (Å²) >= 11 is 0. The molecule has 0 aliphatic carbocycles. The van der Waals surface area contributed by atoms with E-state index in [-0.39, 0.29) is 0 Å². The van der Waals surface area contributed by atoms with Gasteiger partial charge in [0.25, 0.3) is 0 Å². The number of hydrogen-bond donors (Lipinski definition) is 1. The molecule has 0 aliphatic rings. The van der Waals surface area contributed by atoms with Crippen molar-refractivity contribution in [1.82, 2.24) is 9.55 Å². The zero-order chi connectivity index (χ0) is 15.7. The SMILES string of the molecule is CCOCCCn1cc(C)nc1NC(C)CCCC(C)C. The Kier molecular flexibility index (Phi) is 8.43. The van der Waals surface area contributed by atoms with Gasteiger partial charge in [-0.2, -0.15) is 0 Å². The van der Waals surface area contributed by atoms with Crippen molar-refractivity contribution in [2.45, 2.75) is 72.9 Å². The Balaban J connectivity index is 2.42. The third-order valence-electron chi connectivity index (χ3n) is 3.58. The summed E-state index contributed by atoms with van der Waals surface area (Å²) < 4.78 is 7.62. The van der Waals surface area contributed by atoms with Crippen molar-refractivity contribution in [3.05, 3.63) is 11.9 Å². The van der Waals surface area contributed by atoms with Crippen molar-refractivity contribution < 1.29 is 4.74 Å². The van der Waals surface area contributed by atoms with E-state index in [0.717, 1.165) is 43.7 Å². The fourth-order valence-electron chi connectivity index (χ4n) is 2.44. The first-order chi connectivity index (χ1) is 10.0. The summed E-state index contributed by atoms with van der Waals surface area (Å²) in [5.41, 5.74) is 1.07. The second-order valence-corrected chi connectivity index (χ2v) is 6.32. The minimum absolute atomic E-state index is 0.469. The first-order valence-electron chi connectivity index (χ1n) is 8.41. The van der Waals surface area contributed by atoms with Gasteiger partial charge in [-0.15, -0.1) is 0 Å². The molecule has 1 unspecified atom stereocenters. The number of aromatic nitrogens is 2. The highest BCUT2D eigenvalue weighted by molar-refractivity contribution is 5.29. The minimum Gasteiger partial charge on any atom is -0.382 e. The third kappa shape index (κ3) is 7.51. The van der Waals surface area contributed by atoms with Gasteiger partial charge in [-0.25, -0.2) is 4.98 Å². The van der Waals surface area contributed by atoms with Gasteiger partial charge in [-0.1, -0.05) is 26.7 Å². The van der Waals surface area contributed by atoms with E-state index in [1.54, 1.807) is 0 Å². The summed E-state index contributed by atoms with van der Waals surface area (Å²) in [5, 5.41) is 3.56. The predicted octanol–water partition coefficient (Wildman–Crippen LogP) is 4.24. The molecule has 122 valence electrons. The fourth-order valence-corrected chi connectivity index (χ4v) is 2.44. The molecule has 0 aliphatic heterocycles. The quantitative estimate of drug-likeness (QED) is 0.620. The van der Waals surface area contributed by atoms with E-state index in [9.17, 15) is 0 Å². The normalized spacial score (nSPS) is 12.9. The maximum absolute atomic E-state index is 5.40. The Morgan fingerprint density at radius 3 is 2.67 bits per heavy atom. The maximum Gasteiger partial charge on any atom is 0.203 e. The smallest absolute Gasteiger partial charge is 0.203 e. The lowest BCUT2D eigenvalue weighted by atomic mass is 10.0. The van der Waals surface area contributed by atoms with Crippen LogP contribution in [-0.4, -0.2) is 28.8 Å². The number of hydrogen-bond acceptors (Lipinski definition) is 3. The van der Waals surface area contributed by atoms with Crippen molar-refractivity contribution in [2.24, 2.45) is 5.92 Å². The number of ether oxygens (including phenoxy) is 1. The number of anilines is 1. The van der Waals surface area contributed by atoms with Crippen LogP contribution >= 0.6 is 0 Å². The zero-order valence-electron chi connectivity index (χ0n) is 14.5. The highest BCUT2D eigenvalue weighted by Gasteiger charge is 2.09. The van der Waals surface area contributed by atoms with E-state index < -0.39 is 0 Å². The van der Waals surface area contributed by atoms with E-state index in [4.69, 9.17) is 4.74 Å². The van der Waals surface area contributed by atoms with Crippen molar-refractivity contribution in [2.75, 3.05) is 18.5 Å². The summed E-state index contributed by atoms with van der Waals surface area (Å²) in [5.74, 6) is 1.79. The Labute approximate surface area is 130 Å².